The van der Waals surface area contributed by atoms with Gasteiger partial charge in [-0.3, -0.25) is 14.6 Å². The fourth-order valence-corrected chi connectivity index (χ4v) is 3.02. The number of pyridine rings is 1. The first-order chi connectivity index (χ1) is 13.0. The first-order valence-corrected chi connectivity index (χ1v) is 8.93. The molecule has 0 saturated heterocycles. The Labute approximate surface area is 161 Å². The molecule has 0 aliphatic carbocycles. The van der Waals surface area contributed by atoms with Crippen LogP contribution in [0.25, 0.3) is 0 Å². The van der Waals surface area contributed by atoms with Crippen molar-refractivity contribution in [2.45, 2.75) is 25.9 Å². The molecule has 1 aromatic heterocycles. The molecular formula is C19H19ClN2O5. The van der Waals surface area contributed by atoms with Gasteiger partial charge in [0.25, 0.3) is 5.91 Å². The van der Waals surface area contributed by atoms with Crippen LogP contribution >= 0.6 is 11.6 Å². The lowest BCUT2D eigenvalue weighted by Crippen LogP contribution is -2.40. The van der Waals surface area contributed by atoms with Gasteiger partial charge in [-0.1, -0.05) is 24.6 Å². The Morgan fingerprint density at radius 3 is 2.93 bits per heavy atom. The van der Waals surface area contributed by atoms with Crippen LogP contribution in [0.15, 0.2) is 36.5 Å². The van der Waals surface area contributed by atoms with E-state index < -0.39 is 5.97 Å². The Hall–Kier alpha value is -2.80. The summed E-state index contributed by atoms with van der Waals surface area (Å²) < 4.78 is 11.5. The lowest BCUT2D eigenvalue weighted by molar-refractivity contribution is -0.136. The Kier molecular flexibility index (Phi) is 5.81. The second kappa shape index (κ2) is 8.26. The van der Waals surface area contributed by atoms with Crippen molar-refractivity contribution in [2.24, 2.45) is 0 Å². The van der Waals surface area contributed by atoms with E-state index in [9.17, 15) is 9.59 Å². The molecule has 0 spiro atoms. The SMILES string of the molecule is CC[C@@H](Oc1cc2c(cc1Cl)N(CCC(=O)O)C(=O)CO2)c1ccccn1. The molecule has 0 fully saturated rings. The summed E-state index contributed by atoms with van der Waals surface area (Å²) in [7, 11) is 0. The summed E-state index contributed by atoms with van der Waals surface area (Å²) in [5.41, 5.74) is 1.23. The van der Waals surface area contributed by atoms with Gasteiger partial charge in [-0.15, -0.1) is 0 Å². The number of halogens is 1. The van der Waals surface area contributed by atoms with E-state index in [-0.39, 0.29) is 31.6 Å². The van der Waals surface area contributed by atoms with Crippen molar-refractivity contribution in [3.63, 3.8) is 0 Å². The first-order valence-electron chi connectivity index (χ1n) is 8.55. The number of anilines is 1. The highest BCUT2D eigenvalue weighted by molar-refractivity contribution is 6.32. The van der Waals surface area contributed by atoms with Gasteiger partial charge in [0, 0.05) is 18.8 Å². The third kappa shape index (κ3) is 4.31. The Morgan fingerprint density at radius 1 is 1.44 bits per heavy atom. The van der Waals surface area contributed by atoms with Crippen LogP contribution in [0.2, 0.25) is 5.02 Å². The number of hydrogen-bond acceptors (Lipinski definition) is 5. The number of benzene rings is 1. The van der Waals surface area contributed by atoms with E-state index in [0.29, 0.717) is 28.6 Å². The lowest BCUT2D eigenvalue weighted by Gasteiger charge is -2.30. The van der Waals surface area contributed by atoms with Gasteiger partial charge < -0.3 is 19.5 Å². The summed E-state index contributed by atoms with van der Waals surface area (Å²) in [4.78, 5) is 28.6. The summed E-state index contributed by atoms with van der Waals surface area (Å²) >= 11 is 6.37. The van der Waals surface area contributed by atoms with Crippen LogP contribution < -0.4 is 14.4 Å². The minimum Gasteiger partial charge on any atom is -0.482 e. The third-order valence-corrected chi connectivity index (χ3v) is 4.46. The van der Waals surface area contributed by atoms with Crippen molar-refractivity contribution < 1.29 is 24.2 Å². The van der Waals surface area contributed by atoms with Crippen LogP contribution in [0, 0.1) is 0 Å². The van der Waals surface area contributed by atoms with Crippen LogP contribution in [0.3, 0.4) is 0 Å². The van der Waals surface area contributed by atoms with Crippen molar-refractivity contribution >= 4 is 29.2 Å². The van der Waals surface area contributed by atoms with Crippen molar-refractivity contribution in [2.75, 3.05) is 18.1 Å². The number of aromatic nitrogens is 1. The van der Waals surface area contributed by atoms with Crippen molar-refractivity contribution in [1.82, 2.24) is 4.98 Å². The fraction of sp³-hybridized carbons (Fsp3) is 0.316. The highest BCUT2D eigenvalue weighted by Crippen LogP contribution is 2.41. The van der Waals surface area contributed by atoms with Gasteiger partial charge in [0.15, 0.2) is 6.61 Å². The van der Waals surface area contributed by atoms with Gasteiger partial charge in [0.05, 0.1) is 22.8 Å². The zero-order valence-electron chi connectivity index (χ0n) is 14.7. The summed E-state index contributed by atoms with van der Waals surface area (Å²) in [5, 5.41) is 9.20. The molecule has 3 rings (SSSR count). The summed E-state index contributed by atoms with van der Waals surface area (Å²) in [6, 6.07) is 8.79. The average Bonchev–Trinajstić information content (AvgIpc) is 2.66. The van der Waals surface area contributed by atoms with Crippen molar-refractivity contribution in [3.05, 3.63) is 47.2 Å². The van der Waals surface area contributed by atoms with Gasteiger partial charge >= 0.3 is 5.97 Å². The number of amides is 1. The predicted molar refractivity (Wildman–Crippen MR) is 99.4 cm³/mol. The molecule has 0 radical (unpaired) electrons. The highest BCUT2D eigenvalue weighted by Gasteiger charge is 2.28. The van der Waals surface area contributed by atoms with Gasteiger partial charge in [-0.05, 0) is 24.6 Å². The Bertz CT molecular complexity index is 843. The highest BCUT2D eigenvalue weighted by atomic mass is 35.5. The lowest BCUT2D eigenvalue weighted by atomic mass is 10.1. The van der Waals surface area contributed by atoms with E-state index >= 15 is 0 Å². The van der Waals surface area contributed by atoms with E-state index in [1.54, 1.807) is 18.3 Å². The maximum absolute atomic E-state index is 12.1. The number of nitrogens with zero attached hydrogens (tertiary/aromatic N) is 2. The molecular weight excluding hydrogens is 372 g/mol. The summed E-state index contributed by atoms with van der Waals surface area (Å²) in [5.74, 6) is -0.452. The first kappa shape index (κ1) is 19.0. The molecule has 1 amide bonds. The second-order valence-electron chi connectivity index (χ2n) is 6.00. The average molecular weight is 391 g/mol. The van der Waals surface area contributed by atoms with E-state index in [0.717, 1.165) is 5.69 Å². The molecule has 0 saturated carbocycles. The molecule has 2 heterocycles. The van der Waals surface area contributed by atoms with Crippen LogP contribution in [0.5, 0.6) is 11.5 Å². The minimum absolute atomic E-state index is 0.0482. The predicted octanol–water partition coefficient (Wildman–Crippen LogP) is 3.47. The standard InChI is InChI=1S/C19H19ClN2O5/c1-2-15(13-5-3-4-7-21-13)27-16-10-17-14(9-12(16)20)22(8-6-19(24)25)18(23)11-26-17/h3-5,7,9-10,15H,2,6,8,11H2,1H3,(H,24,25)/t15-/m1/s1. The number of ether oxygens (including phenoxy) is 2. The normalized spacial score (nSPS) is 14.3. The molecule has 7 nitrogen and oxygen atoms in total. The summed E-state index contributed by atoms with van der Waals surface area (Å²) in [6.07, 6.45) is 1.94. The van der Waals surface area contributed by atoms with Crippen LogP contribution in [0.4, 0.5) is 5.69 Å². The van der Waals surface area contributed by atoms with E-state index in [1.807, 2.05) is 25.1 Å². The van der Waals surface area contributed by atoms with E-state index in [4.69, 9.17) is 26.2 Å². The van der Waals surface area contributed by atoms with Crippen molar-refractivity contribution in [1.29, 1.82) is 0 Å². The molecule has 2 aromatic rings. The smallest absolute Gasteiger partial charge is 0.305 e. The van der Waals surface area contributed by atoms with Gasteiger partial charge in [-0.25, -0.2) is 0 Å². The Morgan fingerprint density at radius 2 is 2.26 bits per heavy atom. The molecule has 27 heavy (non-hydrogen) atoms. The molecule has 1 aliphatic rings. The number of carbonyl (C=O) groups excluding carboxylic acids is 1. The molecule has 1 aliphatic heterocycles. The van der Waals surface area contributed by atoms with Gasteiger partial charge in [-0.2, -0.15) is 0 Å². The number of aliphatic carboxylic acids is 1. The zero-order chi connectivity index (χ0) is 19.4. The molecule has 0 bridgehead atoms. The number of rotatable bonds is 7. The monoisotopic (exact) mass is 390 g/mol. The maximum atomic E-state index is 12.1. The molecule has 1 atom stereocenters. The second-order valence-corrected chi connectivity index (χ2v) is 6.40. The minimum atomic E-state index is -0.983. The third-order valence-electron chi connectivity index (χ3n) is 4.16. The zero-order valence-corrected chi connectivity index (χ0v) is 15.5. The molecule has 8 heteroatoms. The molecule has 1 N–H and O–H groups in total. The Balaban J connectivity index is 1.87. The quantitative estimate of drug-likeness (QED) is 0.778. The number of carboxylic acids is 1. The summed E-state index contributed by atoms with van der Waals surface area (Å²) in [6.45, 7) is 1.87. The van der Waals surface area contributed by atoms with Gasteiger partial charge in [0.2, 0.25) is 0 Å². The van der Waals surface area contributed by atoms with Crippen LogP contribution in [-0.2, 0) is 9.59 Å². The fourth-order valence-electron chi connectivity index (χ4n) is 2.82. The van der Waals surface area contributed by atoms with E-state index in [2.05, 4.69) is 4.98 Å². The maximum Gasteiger partial charge on any atom is 0.305 e. The molecule has 1 aromatic carbocycles. The number of carboxylic acid groups (broad SMARTS) is 1. The molecule has 142 valence electrons. The van der Waals surface area contributed by atoms with Crippen molar-refractivity contribution in [3.8, 4) is 11.5 Å². The number of fused-ring (bicyclic) bond motifs is 1. The molecule has 0 unspecified atom stereocenters. The largest absolute Gasteiger partial charge is 0.482 e. The van der Waals surface area contributed by atoms with Crippen LogP contribution in [-0.4, -0.2) is 35.1 Å². The number of carbonyl (C=O) groups is 2. The number of hydrogen-bond donors (Lipinski definition) is 1. The topological polar surface area (TPSA) is 89.0 Å². The van der Waals surface area contributed by atoms with Crippen LogP contribution in [0.1, 0.15) is 31.6 Å². The van der Waals surface area contributed by atoms with E-state index in [1.165, 1.54) is 4.90 Å². The van der Waals surface area contributed by atoms with Gasteiger partial charge in [0.1, 0.15) is 17.6 Å².